The molecule has 1 saturated heterocycles. The van der Waals surface area contributed by atoms with Gasteiger partial charge >= 0.3 is 12.1 Å². The highest BCUT2D eigenvalue weighted by atomic mass is 32.2. The zero-order valence-corrected chi connectivity index (χ0v) is 29.3. The monoisotopic (exact) mass is 738 g/mol. The molecule has 0 bridgehead atoms. The summed E-state index contributed by atoms with van der Waals surface area (Å²) in [4.78, 5) is 62.1. The average Bonchev–Trinajstić information content (AvgIpc) is 3.89. The number of aliphatic carboxylic acids is 1. The Morgan fingerprint density at radius 2 is 1.56 bits per heavy atom. The third-order valence-electron chi connectivity index (χ3n) is 8.96. The molecule has 0 spiro atoms. The van der Waals surface area contributed by atoms with Crippen LogP contribution in [0.1, 0.15) is 35.2 Å². The molecule has 13 nitrogen and oxygen atoms in total. The van der Waals surface area contributed by atoms with Crippen LogP contribution >= 0.6 is 23.1 Å². The predicted molar refractivity (Wildman–Crippen MR) is 195 cm³/mol. The zero-order valence-electron chi connectivity index (χ0n) is 27.6. The second-order valence-corrected chi connectivity index (χ2v) is 14.4. The summed E-state index contributed by atoms with van der Waals surface area (Å²) in [6, 6.07) is 29.0. The minimum atomic E-state index is -1.36. The number of hydrogen-bond donors (Lipinski definition) is 4. The van der Waals surface area contributed by atoms with E-state index < -0.39 is 40.8 Å². The number of nitrogens with one attached hydrogen (secondary N) is 2. The summed E-state index contributed by atoms with van der Waals surface area (Å²) >= 11 is 2.52. The van der Waals surface area contributed by atoms with Gasteiger partial charge in [0, 0.05) is 16.7 Å². The Hall–Kier alpha value is -5.67. The third-order valence-corrected chi connectivity index (χ3v) is 11.1. The second kappa shape index (κ2) is 14.9. The van der Waals surface area contributed by atoms with E-state index in [1.54, 1.807) is 5.38 Å². The molecule has 1 saturated carbocycles. The highest BCUT2D eigenvalue weighted by Crippen LogP contribution is 2.42. The summed E-state index contributed by atoms with van der Waals surface area (Å²) in [5.41, 5.74) is 7.16. The van der Waals surface area contributed by atoms with Gasteiger partial charge in [0.15, 0.2) is 10.8 Å². The van der Waals surface area contributed by atoms with Crippen molar-refractivity contribution in [2.75, 3.05) is 24.3 Å². The fourth-order valence-corrected chi connectivity index (χ4v) is 8.32. The smallest absolute Gasteiger partial charge is 0.404 e. The molecule has 0 radical (unpaired) electrons. The van der Waals surface area contributed by atoms with E-state index in [1.165, 1.54) is 23.1 Å². The highest BCUT2D eigenvalue weighted by Gasteiger charge is 2.54. The molecular formula is C37H34N6O7S2. The number of fused-ring (bicyclic) bond motifs is 1. The number of thiazole rings is 1. The number of primary amides is 1. The molecule has 7 rings (SSSR count). The van der Waals surface area contributed by atoms with Gasteiger partial charge in [-0.15, -0.1) is 23.1 Å². The quantitative estimate of drug-likeness (QED) is 0.0621. The van der Waals surface area contributed by atoms with E-state index in [1.807, 2.05) is 54.6 Å². The number of thioether (sulfide) groups is 1. The molecule has 4 aromatic rings. The van der Waals surface area contributed by atoms with Crippen molar-refractivity contribution in [2.24, 2.45) is 16.8 Å². The summed E-state index contributed by atoms with van der Waals surface area (Å²) < 4.78 is 4.80. The Kier molecular flexibility index (Phi) is 9.96. The lowest BCUT2D eigenvalue weighted by Crippen LogP contribution is -2.71. The molecule has 2 aliphatic heterocycles. The Bertz CT molecular complexity index is 1940. The molecule has 2 atom stereocenters. The topological polar surface area (TPSA) is 186 Å². The Morgan fingerprint density at radius 3 is 2.10 bits per heavy atom. The Morgan fingerprint density at radius 1 is 0.962 bits per heavy atom. The average molecular weight is 739 g/mol. The third kappa shape index (κ3) is 6.96. The van der Waals surface area contributed by atoms with Crippen molar-refractivity contribution < 1.29 is 33.9 Å². The molecule has 3 amide bonds. The number of amides is 3. The van der Waals surface area contributed by atoms with E-state index in [0.29, 0.717) is 17.7 Å². The normalized spacial score (nSPS) is 18.6. The van der Waals surface area contributed by atoms with E-state index in [2.05, 4.69) is 52.2 Å². The van der Waals surface area contributed by atoms with Crippen LogP contribution in [0.2, 0.25) is 0 Å². The molecule has 1 aliphatic carbocycles. The van der Waals surface area contributed by atoms with Gasteiger partial charge < -0.3 is 31.0 Å². The lowest BCUT2D eigenvalue weighted by Gasteiger charge is -2.49. The van der Waals surface area contributed by atoms with Gasteiger partial charge in [-0.25, -0.2) is 14.6 Å². The van der Waals surface area contributed by atoms with Crippen molar-refractivity contribution >= 4 is 57.8 Å². The van der Waals surface area contributed by atoms with E-state index in [0.717, 1.165) is 34.4 Å². The largest absolute Gasteiger partial charge is 0.477 e. The number of β-lactam (4-membered cyclic amide) rings is 1. The number of oxime groups is 1. The molecule has 1 aromatic heterocycles. The lowest BCUT2D eigenvalue weighted by atomic mass is 9.77. The molecule has 5 N–H and O–H groups in total. The molecule has 3 aromatic carbocycles. The first kappa shape index (κ1) is 34.8. The molecule has 15 heteroatoms. The van der Waals surface area contributed by atoms with Crippen LogP contribution in [0.5, 0.6) is 0 Å². The van der Waals surface area contributed by atoms with Gasteiger partial charge in [-0.05, 0) is 35.4 Å². The van der Waals surface area contributed by atoms with Gasteiger partial charge in [-0.2, -0.15) is 0 Å². The van der Waals surface area contributed by atoms with Crippen LogP contribution in [0, 0.1) is 5.92 Å². The second-order valence-electron chi connectivity index (χ2n) is 12.4. The Labute approximate surface area is 306 Å². The number of rotatable bonds is 14. The van der Waals surface area contributed by atoms with Crippen LogP contribution < -0.4 is 16.4 Å². The first-order chi connectivity index (χ1) is 25.3. The maximum Gasteiger partial charge on any atom is 0.404 e. The number of nitrogens with two attached hydrogens (primary N) is 1. The molecule has 3 aliphatic rings. The number of ether oxygens (including phenoxy) is 1. The number of aromatic nitrogens is 1. The number of carboxylic acids is 1. The number of anilines is 1. The van der Waals surface area contributed by atoms with Crippen LogP contribution in [-0.4, -0.2) is 75.0 Å². The minimum Gasteiger partial charge on any atom is -0.477 e. The van der Waals surface area contributed by atoms with Crippen molar-refractivity contribution in [3.05, 3.63) is 130 Å². The predicted octanol–water partition coefficient (Wildman–Crippen LogP) is 4.51. The maximum atomic E-state index is 13.9. The van der Waals surface area contributed by atoms with Gasteiger partial charge in [0.2, 0.25) is 0 Å². The summed E-state index contributed by atoms with van der Waals surface area (Å²) in [7, 11) is 0. The molecule has 52 heavy (non-hydrogen) atoms. The number of carbonyl (C=O) groups excluding carboxylic acids is 3. The van der Waals surface area contributed by atoms with Crippen LogP contribution in [0.3, 0.4) is 0 Å². The Balaban J connectivity index is 1.18. The first-order valence-electron chi connectivity index (χ1n) is 16.5. The highest BCUT2D eigenvalue weighted by molar-refractivity contribution is 8.00. The van der Waals surface area contributed by atoms with Crippen molar-refractivity contribution in [3.63, 3.8) is 0 Å². The minimum absolute atomic E-state index is 0.119. The maximum absolute atomic E-state index is 13.9. The van der Waals surface area contributed by atoms with Crippen molar-refractivity contribution in [1.82, 2.24) is 15.2 Å². The number of nitrogens with zero attached hydrogens (tertiary/aromatic N) is 3. The van der Waals surface area contributed by atoms with Crippen molar-refractivity contribution in [1.29, 1.82) is 0 Å². The molecule has 266 valence electrons. The van der Waals surface area contributed by atoms with Gasteiger partial charge in [-0.1, -0.05) is 96.2 Å². The van der Waals surface area contributed by atoms with Crippen molar-refractivity contribution in [3.8, 4) is 0 Å². The number of benzene rings is 3. The van der Waals surface area contributed by atoms with E-state index >= 15 is 0 Å². The van der Waals surface area contributed by atoms with Crippen molar-refractivity contribution in [2.45, 2.75) is 29.8 Å². The SMILES string of the molecule is NC(=O)OCC1=C(C(=O)O)N2C(=O)[C@@H](NC(=O)C(=NOCC3CC3)c3csc(NC(c4ccccc4)(c4ccccc4)c4ccccc4)n3)[C@H]2SC1. The van der Waals surface area contributed by atoms with Gasteiger partial charge in [0.1, 0.15) is 41.6 Å². The molecular weight excluding hydrogens is 705 g/mol. The summed E-state index contributed by atoms with van der Waals surface area (Å²) in [5.74, 6) is -2.18. The number of carbonyl (C=O) groups is 4. The van der Waals surface area contributed by atoms with E-state index in [-0.39, 0.29) is 35.0 Å². The fraction of sp³-hybridized carbons (Fsp3) is 0.243. The van der Waals surface area contributed by atoms with Gasteiger partial charge in [-0.3, -0.25) is 14.5 Å². The van der Waals surface area contributed by atoms with Gasteiger partial charge in [0.05, 0.1) is 0 Å². The molecule has 2 fully saturated rings. The molecule has 3 heterocycles. The van der Waals surface area contributed by atoms with Crippen LogP contribution in [0.25, 0.3) is 0 Å². The van der Waals surface area contributed by atoms with Crippen LogP contribution in [0.4, 0.5) is 9.93 Å². The van der Waals surface area contributed by atoms with Crippen LogP contribution in [0.15, 0.2) is 113 Å². The lowest BCUT2D eigenvalue weighted by molar-refractivity contribution is -0.150. The molecule has 0 unspecified atom stereocenters. The number of hydrogen-bond acceptors (Lipinski definition) is 11. The fourth-order valence-electron chi connectivity index (χ4n) is 6.24. The number of carboxylic acid groups (broad SMARTS) is 1. The summed E-state index contributed by atoms with van der Waals surface area (Å²) in [6.45, 7) is -0.0321. The standard InChI is InChI=1S/C37H34N6O7S2/c38-35(48)49-19-23-20-51-33-29(32(45)43(33)30(23)34(46)47)40-31(44)28(42-50-18-22-16-17-22)27-21-52-36(39-27)41-37(24-10-4-1-5-11-24,25-12-6-2-7-13-25)26-14-8-3-9-15-26/h1-15,21-22,29,33H,16-20H2,(H2,38,48)(H,39,41)(H,40,44)(H,46,47)/t29-,33-/m1/s1. The summed E-state index contributed by atoms with van der Waals surface area (Å²) in [6.07, 6.45) is 0.963. The zero-order chi connectivity index (χ0) is 36.2. The van der Waals surface area contributed by atoms with E-state index in [4.69, 9.17) is 20.3 Å². The van der Waals surface area contributed by atoms with Gasteiger partial charge in [0.25, 0.3) is 11.8 Å². The van der Waals surface area contributed by atoms with E-state index in [9.17, 15) is 24.3 Å². The first-order valence-corrected chi connectivity index (χ1v) is 18.4. The van der Waals surface area contributed by atoms with Crippen LogP contribution in [-0.2, 0) is 29.5 Å². The summed E-state index contributed by atoms with van der Waals surface area (Å²) in [5, 5.41) is 22.1.